The predicted molar refractivity (Wildman–Crippen MR) is 93.9 cm³/mol. The van der Waals surface area contributed by atoms with Crippen molar-refractivity contribution in [3.63, 3.8) is 0 Å². The van der Waals surface area contributed by atoms with Gasteiger partial charge in [-0.3, -0.25) is 9.63 Å². The summed E-state index contributed by atoms with van der Waals surface area (Å²) < 4.78 is 35.2. The van der Waals surface area contributed by atoms with Gasteiger partial charge in [0.25, 0.3) is 15.9 Å². The number of furan rings is 1. The van der Waals surface area contributed by atoms with E-state index in [-0.39, 0.29) is 16.5 Å². The number of hydrogen-bond donors (Lipinski definition) is 1. The summed E-state index contributed by atoms with van der Waals surface area (Å²) in [6.07, 6.45) is 1.49. The molecule has 0 fully saturated rings. The average Bonchev–Trinajstić information content (AvgIpc) is 3.20. The summed E-state index contributed by atoms with van der Waals surface area (Å²) in [7, 11) is -1.47. The summed E-state index contributed by atoms with van der Waals surface area (Å²) in [5.74, 6) is -0.780. The number of ether oxygens (including phenoxy) is 1. The Morgan fingerprint density at radius 3 is 2.63 bits per heavy atom. The van der Waals surface area contributed by atoms with Crippen LogP contribution in [0.2, 0.25) is 0 Å². The van der Waals surface area contributed by atoms with Crippen molar-refractivity contribution in [3.05, 3.63) is 54.0 Å². The third-order valence-electron chi connectivity index (χ3n) is 3.65. The molecule has 0 saturated carbocycles. The molecule has 146 valence electrons. The van der Waals surface area contributed by atoms with Crippen LogP contribution in [0, 0.1) is 0 Å². The number of hydroxylamine groups is 1. The molecule has 1 aromatic carbocycles. The number of esters is 1. The van der Waals surface area contributed by atoms with Crippen LogP contribution in [0.1, 0.15) is 29.1 Å². The molecule has 0 aliphatic carbocycles. The highest BCUT2D eigenvalue weighted by molar-refractivity contribution is 7.89. The lowest BCUT2D eigenvalue weighted by atomic mass is 10.2. The fourth-order valence-electron chi connectivity index (χ4n) is 2.14. The largest absolute Gasteiger partial charge is 0.467 e. The zero-order chi connectivity index (χ0) is 20.0. The fraction of sp³-hybridized carbons (Fsp3) is 0.294. The molecular formula is C17H20N2O7S. The van der Waals surface area contributed by atoms with Gasteiger partial charge < -0.3 is 14.5 Å². The molecule has 27 heavy (non-hydrogen) atoms. The summed E-state index contributed by atoms with van der Waals surface area (Å²) in [6, 6.07) is 8.27. The minimum Gasteiger partial charge on any atom is -0.467 e. The van der Waals surface area contributed by atoms with Gasteiger partial charge in [0, 0.05) is 7.05 Å². The van der Waals surface area contributed by atoms with Gasteiger partial charge in [0.05, 0.1) is 29.9 Å². The van der Waals surface area contributed by atoms with Gasteiger partial charge in [-0.15, -0.1) is 0 Å². The van der Waals surface area contributed by atoms with Crippen molar-refractivity contribution in [2.24, 2.45) is 0 Å². The predicted octanol–water partition coefficient (Wildman–Crippen LogP) is 1.50. The van der Waals surface area contributed by atoms with Crippen LogP contribution in [0.4, 0.5) is 0 Å². The minimum atomic E-state index is -3.90. The molecule has 1 aromatic heterocycles. The number of sulfonamides is 1. The van der Waals surface area contributed by atoms with Crippen LogP contribution < -0.4 is 5.32 Å². The molecule has 2 aromatic rings. The highest BCUT2D eigenvalue weighted by Crippen LogP contribution is 2.17. The molecule has 0 spiro atoms. The second-order valence-electron chi connectivity index (χ2n) is 5.51. The van der Waals surface area contributed by atoms with Crippen LogP contribution in [0.25, 0.3) is 0 Å². The van der Waals surface area contributed by atoms with Gasteiger partial charge in [0.15, 0.2) is 6.61 Å². The molecule has 1 amide bonds. The number of amides is 1. The van der Waals surface area contributed by atoms with Gasteiger partial charge in [-0.25, -0.2) is 13.2 Å². The zero-order valence-corrected chi connectivity index (χ0v) is 15.9. The van der Waals surface area contributed by atoms with Crippen LogP contribution in [0.15, 0.2) is 52.0 Å². The first-order chi connectivity index (χ1) is 12.8. The topological polar surface area (TPSA) is 115 Å². The Morgan fingerprint density at radius 2 is 2.00 bits per heavy atom. The third kappa shape index (κ3) is 5.16. The fourth-order valence-corrected chi connectivity index (χ4v) is 3.16. The van der Waals surface area contributed by atoms with Crippen LogP contribution in [-0.4, -0.2) is 45.5 Å². The number of carbonyl (C=O) groups excluding carboxylic acids is 2. The van der Waals surface area contributed by atoms with Crippen molar-refractivity contribution in [3.8, 4) is 0 Å². The molecule has 1 heterocycles. The Balaban J connectivity index is 1.98. The Bertz CT molecular complexity index is 894. The molecule has 1 atom stereocenters. The van der Waals surface area contributed by atoms with E-state index in [4.69, 9.17) is 9.15 Å². The number of hydrogen-bond acceptors (Lipinski definition) is 7. The maximum atomic E-state index is 12.2. The summed E-state index contributed by atoms with van der Waals surface area (Å²) in [4.78, 5) is 28.6. The molecule has 0 aliphatic rings. The van der Waals surface area contributed by atoms with Gasteiger partial charge in [0.2, 0.25) is 0 Å². The molecular weight excluding hydrogens is 376 g/mol. The van der Waals surface area contributed by atoms with Crippen molar-refractivity contribution < 1.29 is 32.0 Å². The van der Waals surface area contributed by atoms with E-state index in [0.29, 0.717) is 10.2 Å². The quantitative estimate of drug-likeness (QED) is 0.531. The van der Waals surface area contributed by atoms with E-state index in [9.17, 15) is 18.0 Å². The summed E-state index contributed by atoms with van der Waals surface area (Å²) >= 11 is 0. The van der Waals surface area contributed by atoms with Crippen molar-refractivity contribution >= 4 is 21.9 Å². The van der Waals surface area contributed by atoms with Gasteiger partial charge in [-0.05, 0) is 37.3 Å². The Labute approximate surface area is 156 Å². The van der Waals surface area contributed by atoms with Gasteiger partial charge in [0.1, 0.15) is 5.76 Å². The second kappa shape index (κ2) is 8.80. The Kier molecular flexibility index (Phi) is 6.72. The molecule has 0 unspecified atom stereocenters. The average molecular weight is 396 g/mol. The normalized spacial score (nSPS) is 12.6. The van der Waals surface area contributed by atoms with Crippen LogP contribution in [0.5, 0.6) is 0 Å². The minimum absolute atomic E-state index is 0.00698. The molecule has 0 aliphatic heterocycles. The van der Waals surface area contributed by atoms with Crippen LogP contribution >= 0.6 is 0 Å². The number of nitrogens with zero attached hydrogens (tertiary/aromatic N) is 1. The zero-order valence-electron chi connectivity index (χ0n) is 15.0. The Hall–Kier alpha value is -2.69. The summed E-state index contributed by atoms with van der Waals surface area (Å²) in [6.45, 7) is 1.21. The highest BCUT2D eigenvalue weighted by Gasteiger charge is 2.22. The molecule has 9 nitrogen and oxygen atoms in total. The third-order valence-corrected chi connectivity index (χ3v) is 5.32. The molecule has 1 N–H and O–H groups in total. The van der Waals surface area contributed by atoms with Crippen LogP contribution in [0.3, 0.4) is 0 Å². The lowest BCUT2D eigenvalue weighted by Gasteiger charge is -2.14. The first kappa shape index (κ1) is 20.6. The van der Waals surface area contributed by atoms with E-state index in [2.05, 4.69) is 10.2 Å². The summed E-state index contributed by atoms with van der Waals surface area (Å²) in [5.41, 5.74) is -0.00698. The maximum Gasteiger partial charge on any atom is 0.338 e. The van der Waals surface area contributed by atoms with E-state index in [0.717, 1.165) is 6.07 Å². The first-order valence-corrected chi connectivity index (χ1v) is 9.32. The monoisotopic (exact) mass is 396 g/mol. The highest BCUT2D eigenvalue weighted by atomic mass is 32.2. The van der Waals surface area contributed by atoms with Crippen molar-refractivity contribution in [1.82, 2.24) is 9.79 Å². The number of rotatable bonds is 8. The lowest BCUT2D eigenvalue weighted by Crippen LogP contribution is -2.31. The first-order valence-electron chi connectivity index (χ1n) is 7.88. The lowest BCUT2D eigenvalue weighted by molar-refractivity contribution is -0.125. The van der Waals surface area contributed by atoms with E-state index in [1.54, 1.807) is 19.1 Å². The van der Waals surface area contributed by atoms with Gasteiger partial charge in [-0.1, -0.05) is 10.5 Å². The van der Waals surface area contributed by atoms with Crippen LogP contribution in [-0.2, 0) is 24.4 Å². The molecule has 10 heteroatoms. The van der Waals surface area contributed by atoms with E-state index < -0.39 is 28.5 Å². The molecule has 0 bridgehead atoms. The molecule has 0 radical (unpaired) electrons. The maximum absolute atomic E-state index is 12.2. The van der Waals surface area contributed by atoms with Crippen molar-refractivity contribution in [2.45, 2.75) is 17.9 Å². The van der Waals surface area contributed by atoms with Crippen molar-refractivity contribution in [2.75, 3.05) is 20.8 Å². The number of benzene rings is 1. The molecule has 2 rings (SSSR count). The number of nitrogens with one attached hydrogen (secondary N) is 1. The van der Waals surface area contributed by atoms with E-state index >= 15 is 0 Å². The molecule has 0 saturated heterocycles. The SMILES string of the molecule is CON(C)S(=O)(=O)c1cccc(C(=O)OCC(=O)N[C@@H](C)c2ccco2)c1. The smallest absolute Gasteiger partial charge is 0.338 e. The van der Waals surface area contributed by atoms with Gasteiger partial charge >= 0.3 is 5.97 Å². The van der Waals surface area contributed by atoms with E-state index in [1.807, 2.05) is 0 Å². The van der Waals surface area contributed by atoms with E-state index in [1.165, 1.54) is 38.6 Å². The van der Waals surface area contributed by atoms with Gasteiger partial charge in [-0.2, -0.15) is 0 Å². The standard InChI is InChI=1S/C17H20N2O7S/c1-12(15-8-5-9-25-15)18-16(20)11-26-17(21)13-6-4-7-14(10-13)27(22,23)19(2)24-3/h4-10,12H,11H2,1-3H3,(H,18,20)/t12-/m0/s1. The Morgan fingerprint density at radius 1 is 1.26 bits per heavy atom. The summed E-state index contributed by atoms with van der Waals surface area (Å²) in [5, 5.41) is 2.62. The van der Waals surface area contributed by atoms with Crippen molar-refractivity contribution in [1.29, 1.82) is 0 Å². The number of carbonyl (C=O) groups is 2. The second-order valence-corrected chi connectivity index (χ2v) is 7.44.